The maximum atomic E-state index is 11.9. The molecule has 0 rings (SSSR count). The molecule has 0 unspecified atom stereocenters. The van der Waals surface area contributed by atoms with E-state index in [1.165, 1.54) is 12.2 Å². The van der Waals surface area contributed by atoms with Gasteiger partial charge in [-0.15, -0.1) is 0 Å². The molecule has 0 amide bonds. The molecular formula is C13H24N2O3. The lowest BCUT2D eigenvalue weighted by Crippen LogP contribution is -2.60. The Morgan fingerprint density at radius 3 is 1.83 bits per heavy atom. The van der Waals surface area contributed by atoms with Crippen LogP contribution in [0.2, 0.25) is 0 Å². The minimum absolute atomic E-state index is 0.411. The van der Waals surface area contributed by atoms with Crippen molar-refractivity contribution >= 4 is 5.97 Å². The van der Waals surface area contributed by atoms with Crippen LogP contribution in [0.4, 0.5) is 0 Å². The smallest absolute Gasteiger partial charge is 0.328 e. The standard InChI is InChI=1S/C13H24N2O3/c1-11(2,3)15(18-12(4,5)9-14)13(6,7)10(16)17-8/h1-8H3. The molecule has 5 heteroatoms. The van der Waals surface area contributed by atoms with Gasteiger partial charge in [-0.1, -0.05) is 0 Å². The van der Waals surface area contributed by atoms with Gasteiger partial charge in [0.15, 0.2) is 5.60 Å². The van der Waals surface area contributed by atoms with Gasteiger partial charge in [-0.25, -0.2) is 4.79 Å². The number of carbonyl (C=O) groups excluding carboxylic acids is 1. The van der Waals surface area contributed by atoms with Gasteiger partial charge in [-0.05, 0) is 48.5 Å². The van der Waals surface area contributed by atoms with Crippen LogP contribution in [0, 0.1) is 11.3 Å². The summed E-state index contributed by atoms with van der Waals surface area (Å²) < 4.78 is 4.80. The summed E-state index contributed by atoms with van der Waals surface area (Å²) >= 11 is 0. The highest BCUT2D eigenvalue weighted by Gasteiger charge is 2.45. The summed E-state index contributed by atoms with van der Waals surface area (Å²) in [6, 6.07) is 2.06. The number of hydroxylamine groups is 2. The lowest BCUT2D eigenvalue weighted by Gasteiger charge is -2.45. The Balaban J connectivity index is 5.41. The lowest BCUT2D eigenvalue weighted by molar-refractivity contribution is -0.297. The molecule has 0 heterocycles. The van der Waals surface area contributed by atoms with E-state index in [0.29, 0.717) is 0 Å². The third-order valence-electron chi connectivity index (χ3n) is 2.39. The highest BCUT2D eigenvalue weighted by molar-refractivity contribution is 5.79. The fraction of sp³-hybridized carbons (Fsp3) is 0.846. The second-order valence-electron chi connectivity index (χ2n) is 6.23. The van der Waals surface area contributed by atoms with Gasteiger partial charge in [0.2, 0.25) is 0 Å². The van der Waals surface area contributed by atoms with E-state index in [-0.39, 0.29) is 0 Å². The molecule has 0 bridgehead atoms. The Labute approximate surface area is 110 Å². The first-order valence-electron chi connectivity index (χ1n) is 5.87. The molecule has 0 saturated carbocycles. The first kappa shape index (κ1) is 16.9. The van der Waals surface area contributed by atoms with Crippen molar-refractivity contribution in [3.8, 4) is 6.07 Å². The van der Waals surface area contributed by atoms with Crippen LogP contribution in [0.5, 0.6) is 0 Å². The molecule has 0 aromatic carbocycles. The molecule has 0 aliphatic heterocycles. The van der Waals surface area contributed by atoms with Gasteiger partial charge < -0.3 is 4.74 Å². The molecule has 0 fully saturated rings. The molecule has 0 aromatic heterocycles. The SMILES string of the molecule is COC(=O)C(C)(C)N(OC(C)(C)C#N)C(C)(C)C. The number of esters is 1. The summed E-state index contributed by atoms with van der Waals surface area (Å²) in [4.78, 5) is 17.6. The van der Waals surface area contributed by atoms with Crippen molar-refractivity contribution in [2.45, 2.75) is 65.1 Å². The summed E-state index contributed by atoms with van der Waals surface area (Å²) in [6.07, 6.45) is 0. The van der Waals surface area contributed by atoms with Gasteiger partial charge in [0.25, 0.3) is 0 Å². The largest absolute Gasteiger partial charge is 0.468 e. The fourth-order valence-electron chi connectivity index (χ4n) is 1.67. The van der Waals surface area contributed by atoms with Crippen molar-refractivity contribution in [2.24, 2.45) is 0 Å². The molecular weight excluding hydrogens is 232 g/mol. The number of nitrogens with zero attached hydrogens (tertiary/aromatic N) is 2. The van der Waals surface area contributed by atoms with Crippen LogP contribution in [-0.4, -0.2) is 34.8 Å². The minimum Gasteiger partial charge on any atom is -0.468 e. The predicted octanol–water partition coefficient (Wildman–Crippen LogP) is 2.27. The van der Waals surface area contributed by atoms with Gasteiger partial charge in [0.1, 0.15) is 5.54 Å². The highest BCUT2D eigenvalue weighted by atomic mass is 16.7. The van der Waals surface area contributed by atoms with E-state index in [9.17, 15) is 4.79 Å². The monoisotopic (exact) mass is 256 g/mol. The van der Waals surface area contributed by atoms with E-state index in [0.717, 1.165) is 0 Å². The molecule has 0 spiro atoms. The van der Waals surface area contributed by atoms with Crippen LogP contribution in [0.3, 0.4) is 0 Å². The third-order valence-corrected chi connectivity index (χ3v) is 2.39. The maximum absolute atomic E-state index is 11.9. The lowest BCUT2D eigenvalue weighted by atomic mass is 9.97. The van der Waals surface area contributed by atoms with E-state index in [1.807, 2.05) is 20.8 Å². The maximum Gasteiger partial charge on any atom is 0.328 e. The summed E-state index contributed by atoms with van der Waals surface area (Å²) in [6.45, 7) is 12.4. The fourth-order valence-corrected chi connectivity index (χ4v) is 1.67. The van der Waals surface area contributed by atoms with Crippen molar-refractivity contribution in [3.05, 3.63) is 0 Å². The van der Waals surface area contributed by atoms with Crippen LogP contribution in [0.1, 0.15) is 48.5 Å². The van der Waals surface area contributed by atoms with Crippen LogP contribution in [0.15, 0.2) is 0 Å². The molecule has 18 heavy (non-hydrogen) atoms. The Hall–Kier alpha value is -1.12. The van der Waals surface area contributed by atoms with Crippen molar-refractivity contribution in [3.63, 3.8) is 0 Å². The summed E-state index contributed by atoms with van der Waals surface area (Å²) in [5.74, 6) is -0.411. The second-order valence-corrected chi connectivity index (χ2v) is 6.23. The van der Waals surface area contributed by atoms with E-state index in [2.05, 4.69) is 6.07 Å². The minimum atomic E-state index is -1.02. The number of rotatable bonds is 4. The van der Waals surface area contributed by atoms with Gasteiger partial charge in [-0.2, -0.15) is 10.3 Å². The Morgan fingerprint density at radius 1 is 1.11 bits per heavy atom. The Bertz CT molecular complexity index is 348. The number of hydrogen-bond acceptors (Lipinski definition) is 5. The Kier molecular flexibility index (Phi) is 4.92. The topological polar surface area (TPSA) is 62.6 Å². The van der Waals surface area contributed by atoms with E-state index in [1.54, 1.807) is 27.7 Å². The van der Waals surface area contributed by atoms with Crippen molar-refractivity contribution in [1.82, 2.24) is 5.06 Å². The highest BCUT2D eigenvalue weighted by Crippen LogP contribution is 2.29. The van der Waals surface area contributed by atoms with Gasteiger partial charge in [0, 0.05) is 5.54 Å². The molecule has 0 aromatic rings. The van der Waals surface area contributed by atoms with E-state index in [4.69, 9.17) is 14.8 Å². The zero-order valence-electron chi connectivity index (χ0n) is 12.6. The summed E-state index contributed by atoms with van der Waals surface area (Å²) in [5.41, 5.74) is -2.45. The predicted molar refractivity (Wildman–Crippen MR) is 68.5 cm³/mol. The second kappa shape index (κ2) is 5.25. The number of carbonyl (C=O) groups is 1. The number of ether oxygens (including phenoxy) is 1. The molecule has 0 saturated heterocycles. The van der Waals surface area contributed by atoms with Crippen LogP contribution in [-0.2, 0) is 14.4 Å². The molecule has 0 radical (unpaired) electrons. The van der Waals surface area contributed by atoms with Crippen LogP contribution >= 0.6 is 0 Å². The Morgan fingerprint density at radius 2 is 1.56 bits per heavy atom. The van der Waals surface area contributed by atoms with Crippen LogP contribution in [0.25, 0.3) is 0 Å². The average molecular weight is 256 g/mol. The number of hydrogen-bond donors (Lipinski definition) is 0. The van der Waals surface area contributed by atoms with Crippen molar-refractivity contribution in [2.75, 3.05) is 7.11 Å². The number of methoxy groups -OCH3 is 1. The summed E-state index contributed by atoms with van der Waals surface area (Å²) in [7, 11) is 1.33. The summed E-state index contributed by atoms with van der Waals surface area (Å²) in [5, 5.41) is 10.6. The van der Waals surface area contributed by atoms with Crippen molar-refractivity contribution in [1.29, 1.82) is 5.26 Å². The number of nitriles is 1. The zero-order chi connectivity index (χ0) is 14.8. The van der Waals surface area contributed by atoms with E-state index < -0.39 is 22.6 Å². The average Bonchev–Trinajstić information content (AvgIpc) is 2.23. The first-order chi connectivity index (χ1) is 7.88. The van der Waals surface area contributed by atoms with Crippen LogP contribution < -0.4 is 0 Å². The molecule has 104 valence electrons. The van der Waals surface area contributed by atoms with Gasteiger partial charge in [0.05, 0.1) is 13.2 Å². The van der Waals surface area contributed by atoms with Gasteiger partial charge >= 0.3 is 5.97 Å². The van der Waals surface area contributed by atoms with Crippen molar-refractivity contribution < 1.29 is 14.4 Å². The third kappa shape index (κ3) is 3.97. The molecule has 0 N–H and O–H groups in total. The van der Waals surface area contributed by atoms with E-state index >= 15 is 0 Å². The quantitative estimate of drug-likeness (QED) is 0.570. The first-order valence-corrected chi connectivity index (χ1v) is 5.87. The normalized spacial score (nSPS) is 13.3. The molecule has 5 nitrogen and oxygen atoms in total. The zero-order valence-corrected chi connectivity index (χ0v) is 12.6. The molecule has 0 aliphatic rings. The molecule has 0 atom stereocenters. The van der Waals surface area contributed by atoms with Gasteiger partial charge in [-0.3, -0.25) is 4.84 Å². The molecule has 0 aliphatic carbocycles.